The van der Waals surface area contributed by atoms with Gasteiger partial charge in [-0.3, -0.25) is 14.2 Å². The number of amides is 1. The average Bonchev–Trinajstić information content (AvgIpc) is 2.71. The van der Waals surface area contributed by atoms with Crippen molar-refractivity contribution in [1.29, 1.82) is 0 Å². The van der Waals surface area contributed by atoms with Crippen molar-refractivity contribution in [2.24, 2.45) is 0 Å². The van der Waals surface area contributed by atoms with E-state index in [9.17, 15) is 18.4 Å². The number of halogens is 2. The number of nitrogens with one attached hydrogen (secondary N) is 1. The first-order valence-corrected chi connectivity index (χ1v) is 9.22. The van der Waals surface area contributed by atoms with Gasteiger partial charge in [0.05, 0.1) is 24.3 Å². The first kappa shape index (κ1) is 21.2. The van der Waals surface area contributed by atoms with E-state index in [1.165, 1.54) is 24.1 Å². The SMILES string of the molecule is COc1cc(CCNC(=O)Cn2cnc3c(C)cccc3c2=O)ccc1OC(F)F. The quantitative estimate of drug-likeness (QED) is 0.609. The van der Waals surface area contributed by atoms with Gasteiger partial charge in [0, 0.05) is 6.54 Å². The molecule has 0 radical (unpaired) electrons. The fraction of sp³-hybridized carbons (Fsp3) is 0.286. The summed E-state index contributed by atoms with van der Waals surface area (Å²) >= 11 is 0. The predicted molar refractivity (Wildman–Crippen MR) is 107 cm³/mol. The van der Waals surface area contributed by atoms with Gasteiger partial charge >= 0.3 is 6.61 Å². The highest BCUT2D eigenvalue weighted by Gasteiger charge is 2.12. The number of alkyl halides is 2. The zero-order valence-corrected chi connectivity index (χ0v) is 16.5. The number of rotatable bonds is 8. The molecule has 0 aliphatic heterocycles. The van der Waals surface area contributed by atoms with E-state index in [0.717, 1.165) is 11.1 Å². The molecule has 0 atom stereocenters. The van der Waals surface area contributed by atoms with Crippen LogP contribution >= 0.6 is 0 Å². The molecule has 1 N–H and O–H groups in total. The van der Waals surface area contributed by atoms with Crippen LogP contribution in [-0.2, 0) is 17.8 Å². The van der Waals surface area contributed by atoms with Crippen LogP contribution < -0.4 is 20.3 Å². The smallest absolute Gasteiger partial charge is 0.387 e. The lowest BCUT2D eigenvalue weighted by Gasteiger charge is -2.12. The minimum Gasteiger partial charge on any atom is -0.493 e. The Hall–Kier alpha value is -3.49. The molecule has 0 aliphatic carbocycles. The number of para-hydroxylation sites is 1. The van der Waals surface area contributed by atoms with Crippen LogP contribution in [0.1, 0.15) is 11.1 Å². The topological polar surface area (TPSA) is 82.5 Å². The summed E-state index contributed by atoms with van der Waals surface area (Å²) < 4.78 is 35.5. The van der Waals surface area contributed by atoms with Crippen LogP contribution in [0.5, 0.6) is 11.5 Å². The summed E-state index contributed by atoms with van der Waals surface area (Å²) in [6.07, 6.45) is 1.81. The van der Waals surface area contributed by atoms with Gasteiger partial charge in [-0.2, -0.15) is 8.78 Å². The van der Waals surface area contributed by atoms with Crippen LogP contribution in [0.15, 0.2) is 47.5 Å². The number of methoxy groups -OCH3 is 1. The van der Waals surface area contributed by atoms with Crippen molar-refractivity contribution in [2.75, 3.05) is 13.7 Å². The van der Waals surface area contributed by atoms with E-state index in [0.29, 0.717) is 23.9 Å². The predicted octanol–water partition coefficient (Wildman–Crippen LogP) is 2.67. The van der Waals surface area contributed by atoms with Gasteiger partial charge in [0.1, 0.15) is 6.54 Å². The van der Waals surface area contributed by atoms with Crippen molar-refractivity contribution in [3.05, 3.63) is 64.2 Å². The van der Waals surface area contributed by atoms with Crippen LogP contribution in [0.4, 0.5) is 8.78 Å². The molecule has 1 aromatic heterocycles. The molecule has 3 rings (SSSR count). The molecular formula is C21H21F2N3O4. The minimum atomic E-state index is -2.94. The van der Waals surface area contributed by atoms with Crippen molar-refractivity contribution in [1.82, 2.24) is 14.9 Å². The third-order valence-corrected chi connectivity index (χ3v) is 4.55. The first-order chi connectivity index (χ1) is 14.4. The molecule has 0 unspecified atom stereocenters. The largest absolute Gasteiger partial charge is 0.493 e. The maximum absolute atomic E-state index is 12.6. The maximum atomic E-state index is 12.6. The van der Waals surface area contributed by atoms with E-state index < -0.39 is 6.61 Å². The van der Waals surface area contributed by atoms with E-state index in [1.807, 2.05) is 13.0 Å². The van der Waals surface area contributed by atoms with E-state index in [1.54, 1.807) is 24.3 Å². The Morgan fingerprint density at radius 3 is 2.77 bits per heavy atom. The van der Waals surface area contributed by atoms with Crippen LogP contribution in [0, 0.1) is 6.92 Å². The Morgan fingerprint density at radius 2 is 2.03 bits per heavy atom. The van der Waals surface area contributed by atoms with Gasteiger partial charge < -0.3 is 14.8 Å². The van der Waals surface area contributed by atoms with E-state index in [-0.39, 0.29) is 29.5 Å². The Labute approximate surface area is 171 Å². The highest BCUT2D eigenvalue weighted by Crippen LogP contribution is 2.29. The van der Waals surface area contributed by atoms with Gasteiger partial charge in [-0.05, 0) is 42.7 Å². The molecule has 9 heteroatoms. The Bertz CT molecular complexity index is 1120. The zero-order chi connectivity index (χ0) is 21.7. The Kier molecular flexibility index (Phi) is 6.61. The number of carbonyl (C=O) groups is 1. The lowest BCUT2D eigenvalue weighted by molar-refractivity contribution is -0.121. The highest BCUT2D eigenvalue weighted by molar-refractivity contribution is 5.81. The molecule has 0 saturated carbocycles. The summed E-state index contributed by atoms with van der Waals surface area (Å²) in [6, 6.07) is 9.91. The van der Waals surface area contributed by atoms with Crippen LogP contribution in [0.3, 0.4) is 0 Å². The third kappa shape index (κ3) is 4.91. The monoisotopic (exact) mass is 417 g/mol. The van der Waals surface area contributed by atoms with E-state index >= 15 is 0 Å². The number of hydrogen-bond acceptors (Lipinski definition) is 5. The zero-order valence-electron chi connectivity index (χ0n) is 16.5. The molecule has 1 heterocycles. The molecule has 0 aliphatic rings. The molecule has 0 fully saturated rings. The van der Waals surface area contributed by atoms with Gasteiger partial charge in [0.2, 0.25) is 5.91 Å². The van der Waals surface area contributed by atoms with Crippen molar-refractivity contribution < 1.29 is 23.0 Å². The molecule has 0 saturated heterocycles. The standard InChI is InChI=1S/C21H21F2N3O4/c1-13-4-3-5-15-19(13)25-12-26(20(15)28)11-18(27)24-9-8-14-6-7-16(30-21(22)23)17(10-14)29-2/h3-7,10,12,21H,8-9,11H2,1-2H3,(H,24,27). The molecular weight excluding hydrogens is 396 g/mol. The number of carbonyl (C=O) groups excluding carboxylic acids is 1. The molecule has 158 valence electrons. The van der Waals surface area contributed by atoms with E-state index in [2.05, 4.69) is 15.0 Å². The Balaban J connectivity index is 1.60. The summed E-state index contributed by atoms with van der Waals surface area (Å²) in [5.74, 6) is -0.211. The number of fused-ring (bicyclic) bond motifs is 1. The van der Waals surface area contributed by atoms with Gasteiger partial charge in [-0.15, -0.1) is 0 Å². The number of ether oxygens (including phenoxy) is 2. The molecule has 30 heavy (non-hydrogen) atoms. The number of hydrogen-bond donors (Lipinski definition) is 1. The molecule has 0 bridgehead atoms. The average molecular weight is 417 g/mol. The molecule has 7 nitrogen and oxygen atoms in total. The third-order valence-electron chi connectivity index (χ3n) is 4.55. The Morgan fingerprint density at radius 1 is 1.23 bits per heavy atom. The summed E-state index contributed by atoms with van der Waals surface area (Å²) in [5, 5.41) is 3.19. The van der Waals surface area contributed by atoms with Gasteiger partial charge in [0.25, 0.3) is 5.56 Å². The molecule has 0 spiro atoms. The van der Waals surface area contributed by atoms with Crippen LogP contribution in [-0.4, -0.2) is 35.7 Å². The van der Waals surface area contributed by atoms with Gasteiger partial charge in [-0.25, -0.2) is 4.98 Å². The second kappa shape index (κ2) is 9.34. The van der Waals surface area contributed by atoms with Crippen molar-refractivity contribution in [3.63, 3.8) is 0 Å². The molecule has 1 amide bonds. The fourth-order valence-electron chi connectivity index (χ4n) is 3.07. The second-order valence-corrected chi connectivity index (χ2v) is 6.61. The highest BCUT2D eigenvalue weighted by atomic mass is 19.3. The number of aryl methyl sites for hydroxylation is 1. The summed E-state index contributed by atoms with van der Waals surface area (Å²) in [6.45, 7) is -0.931. The summed E-state index contributed by atoms with van der Waals surface area (Å²) in [4.78, 5) is 29.1. The molecule has 3 aromatic rings. The maximum Gasteiger partial charge on any atom is 0.387 e. The summed E-state index contributed by atoms with van der Waals surface area (Å²) in [5.41, 5.74) is 2.00. The summed E-state index contributed by atoms with van der Waals surface area (Å²) in [7, 11) is 1.36. The fourth-order valence-corrected chi connectivity index (χ4v) is 3.07. The second-order valence-electron chi connectivity index (χ2n) is 6.61. The lowest BCUT2D eigenvalue weighted by atomic mass is 10.1. The molecule has 2 aromatic carbocycles. The van der Waals surface area contributed by atoms with Crippen LogP contribution in [0.25, 0.3) is 10.9 Å². The normalized spacial score (nSPS) is 11.0. The number of aromatic nitrogens is 2. The van der Waals surface area contributed by atoms with Crippen molar-refractivity contribution in [3.8, 4) is 11.5 Å². The van der Waals surface area contributed by atoms with E-state index in [4.69, 9.17) is 4.74 Å². The van der Waals surface area contributed by atoms with Gasteiger partial charge in [0.15, 0.2) is 11.5 Å². The number of nitrogens with zero attached hydrogens (tertiary/aromatic N) is 2. The van der Waals surface area contributed by atoms with Crippen molar-refractivity contribution >= 4 is 16.8 Å². The van der Waals surface area contributed by atoms with Crippen molar-refractivity contribution in [2.45, 2.75) is 26.5 Å². The first-order valence-electron chi connectivity index (χ1n) is 9.22. The number of benzene rings is 2. The van der Waals surface area contributed by atoms with Crippen LogP contribution in [0.2, 0.25) is 0 Å². The lowest BCUT2D eigenvalue weighted by Crippen LogP contribution is -2.33. The van der Waals surface area contributed by atoms with Gasteiger partial charge in [-0.1, -0.05) is 18.2 Å². The minimum absolute atomic E-state index is 0.0568.